The van der Waals surface area contributed by atoms with Gasteiger partial charge < -0.3 is 19.3 Å². The van der Waals surface area contributed by atoms with Crippen LogP contribution in [0.1, 0.15) is 16.1 Å². The molecule has 0 aliphatic carbocycles. The molecule has 1 heterocycles. The molecule has 0 spiro atoms. The Bertz CT molecular complexity index is 1170. The number of benzene rings is 3. The molecular weight excluding hydrogens is 392 g/mol. The lowest BCUT2D eigenvalue weighted by molar-refractivity contribution is 0.0950. The standard InChI is InChI=1S/C25H22N2O4/c1-29-22-13-12-20(14-24(22)30-2)23-15-21(27-31-23)16-26-25(28)19-10-8-18(9-11-19)17-6-4-3-5-7-17/h3-15H,16H2,1-2H3,(H,26,28). The van der Waals surface area contributed by atoms with Gasteiger partial charge >= 0.3 is 0 Å². The van der Waals surface area contributed by atoms with E-state index in [1.54, 1.807) is 26.4 Å². The molecule has 1 amide bonds. The number of carbonyl (C=O) groups excluding carboxylic acids is 1. The second kappa shape index (κ2) is 9.17. The smallest absolute Gasteiger partial charge is 0.251 e. The van der Waals surface area contributed by atoms with Crippen molar-refractivity contribution in [1.29, 1.82) is 0 Å². The largest absolute Gasteiger partial charge is 0.493 e. The summed E-state index contributed by atoms with van der Waals surface area (Å²) in [6.07, 6.45) is 0. The Balaban J connectivity index is 1.40. The van der Waals surface area contributed by atoms with Gasteiger partial charge in [-0.2, -0.15) is 0 Å². The number of hydrogen-bond donors (Lipinski definition) is 1. The fourth-order valence-corrected chi connectivity index (χ4v) is 3.24. The van der Waals surface area contributed by atoms with Crippen molar-refractivity contribution in [3.05, 3.63) is 90.1 Å². The summed E-state index contributed by atoms with van der Waals surface area (Å²) >= 11 is 0. The van der Waals surface area contributed by atoms with Crippen molar-refractivity contribution in [2.45, 2.75) is 6.54 Å². The van der Waals surface area contributed by atoms with Crippen LogP contribution in [-0.2, 0) is 6.54 Å². The first kappa shape index (κ1) is 20.2. The molecule has 3 aromatic carbocycles. The van der Waals surface area contributed by atoms with E-state index in [0.29, 0.717) is 28.5 Å². The van der Waals surface area contributed by atoms with Crippen LogP contribution < -0.4 is 14.8 Å². The third kappa shape index (κ3) is 4.59. The lowest BCUT2D eigenvalue weighted by Crippen LogP contribution is -2.22. The number of ether oxygens (including phenoxy) is 2. The number of amides is 1. The number of methoxy groups -OCH3 is 2. The molecule has 0 fully saturated rings. The predicted molar refractivity (Wildman–Crippen MR) is 118 cm³/mol. The quantitative estimate of drug-likeness (QED) is 0.463. The summed E-state index contributed by atoms with van der Waals surface area (Å²) < 4.78 is 16.0. The van der Waals surface area contributed by atoms with Crippen molar-refractivity contribution in [3.63, 3.8) is 0 Å². The van der Waals surface area contributed by atoms with Crippen molar-refractivity contribution < 1.29 is 18.8 Å². The number of aromatic nitrogens is 1. The van der Waals surface area contributed by atoms with Gasteiger partial charge in [-0.05, 0) is 41.5 Å². The van der Waals surface area contributed by atoms with Crippen molar-refractivity contribution in [2.24, 2.45) is 0 Å². The molecule has 0 radical (unpaired) electrons. The van der Waals surface area contributed by atoms with Crippen LogP contribution in [0.25, 0.3) is 22.5 Å². The monoisotopic (exact) mass is 414 g/mol. The minimum absolute atomic E-state index is 0.171. The maximum Gasteiger partial charge on any atom is 0.251 e. The number of hydrogen-bond acceptors (Lipinski definition) is 5. The second-order valence-corrected chi connectivity index (χ2v) is 6.88. The first-order valence-corrected chi connectivity index (χ1v) is 9.79. The fraction of sp³-hybridized carbons (Fsp3) is 0.120. The summed E-state index contributed by atoms with van der Waals surface area (Å²) in [6.45, 7) is 0.260. The predicted octanol–water partition coefficient (Wildman–Crippen LogP) is 4.96. The van der Waals surface area contributed by atoms with E-state index in [9.17, 15) is 4.79 Å². The lowest BCUT2D eigenvalue weighted by atomic mass is 10.0. The number of nitrogens with one attached hydrogen (secondary N) is 1. The van der Waals surface area contributed by atoms with E-state index in [1.807, 2.05) is 66.7 Å². The minimum atomic E-state index is -0.171. The molecule has 0 saturated heterocycles. The SMILES string of the molecule is COc1ccc(-c2cc(CNC(=O)c3ccc(-c4ccccc4)cc3)no2)cc1OC. The van der Waals surface area contributed by atoms with Crippen LogP contribution in [0.5, 0.6) is 11.5 Å². The summed E-state index contributed by atoms with van der Waals surface area (Å²) in [5.41, 5.74) is 4.19. The average Bonchev–Trinajstić information content (AvgIpc) is 3.32. The Hall–Kier alpha value is -4.06. The molecule has 0 atom stereocenters. The zero-order valence-electron chi connectivity index (χ0n) is 17.3. The molecule has 6 heteroatoms. The zero-order valence-corrected chi connectivity index (χ0v) is 17.3. The molecule has 0 aliphatic heterocycles. The molecule has 4 rings (SSSR count). The number of carbonyl (C=O) groups is 1. The van der Waals surface area contributed by atoms with Gasteiger partial charge in [0, 0.05) is 17.2 Å². The van der Waals surface area contributed by atoms with E-state index in [-0.39, 0.29) is 12.5 Å². The van der Waals surface area contributed by atoms with Crippen molar-refractivity contribution in [1.82, 2.24) is 10.5 Å². The van der Waals surface area contributed by atoms with E-state index in [1.165, 1.54) is 0 Å². The van der Waals surface area contributed by atoms with Gasteiger partial charge in [-0.25, -0.2) is 0 Å². The lowest BCUT2D eigenvalue weighted by Gasteiger charge is -2.07. The van der Waals surface area contributed by atoms with Gasteiger partial charge in [-0.3, -0.25) is 4.79 Å². The maximum atomic E-state index is 12.5. The van der Waals surface area contributed by atoms with Crippen LogP contribution >= 0.6 is 0 Å². The third-order valence-corrected chi connectivity index (χ3v) is 4.91. The number of nitrogens with zero attached hydrogens (tertiary/aromatic N) is 1. The molecule has 0 aliphatic rings. The van der Waals surface area contributed by atoms with Gasteiger partial charge in [0.2, 0.25) is 0 Å². The summed E-state index contributed by atoms with van der Waals surface area (Å²) in [5.74, 6) is 1.65. The topological polar surface area (TPSA) is 73.6 Å². The Morgan fingerprint density at radius 3 is 2.23 bits per heavy atom. The molecular formula is C25H22N2O4. The summed E-state index contributed by atoms with van der Waals surface area (Å²) in [7, 11) is 3.16. The maximum absolute atomic E-state index is 12.5. The first-order chi connectivity index (χ1) is 15.2. The molecule has 1 N–H and O–H groups in total. The highest BCUT2D eigenvalue weighted by Gasteiger charge is 2.12. The molecule has 156 valence electrons. The van der Waals surface area contributed by atoms with Gasteiger partial charge in [0.15, 0.2) is 17.3 Å². The van der Waals surface area contributed by atoms with Crippen molar-refractivity contribution >= 4 is 5.91 Å². The van der Waals surface area contributed by atoms with Crippen LogP contribution in [0.3, 0.4) is 0 Å². The Morgan fingerprint density at radius 1 is 0.839 bits per heavy atom. The van der Waals surface area contributed by atoms with E-state index >= 15 is 0 Å². The van der Waals surface area contributed by atoms with E-state index in [0.717, 1.165) is 16.7 Å². The molecule has 0 bridgehead atoms. The van der Waals surface area contributed by atoms with Crippen LogP contribution in [-0.4, -0.2) is 25.3 Å². The van der Waals surface area contributed by atoms with Crippen LogP contribution in [0.4, 0.5) is 0 Å². The summed E-state index contributed by atoms with van der Waals surface area (Å²) in [4.78, 5) is 12.5. The van der Waals surface area contributed by atoms with Gasteiger partial charge in [0.25, 0.3) is 5.91 Å². The molecule has 1 aromatic heterocycles. The van der Waals surface area contributed by atoms with Crippen molar-refractivity contribution in [3.8, 4) is 33.9 Å². The Labute approximate surface area is 180 Å². The summed E-state index contributed by atoms with van der Waals surface area (Å²) in [6, 6.07) is 24.8. The van der Waals surface area contributed by atoms with Gasteiger partial charge in [-0.1, -0.05) is 47.6 Å². The van der Waals surface area contributed by atoms with E-state index < -0.39 is 0 Å². The fourth-order valence-electron chi connectivity index (χ4n) is 3.24. The third-order valence-electron chi connectivity index (χ3n) is 4.91. The number of rotatable bonds is 7. The van der Waals surface area contributed by atoms with Crippen LogP contribution in [0.15, 0.2) is 83.4 Å². The van der Waals surface area contributed by atoms with Gasteiger partial charge in [0.1, 0.15) is 5.69 Å². The first-order valence-electron chi connectivity index (χ1n) is 9.79. The molecule has 4 aromatic rings. The Morgan fingerprint density at radius 2 is 1.52 bits per heavy atom. The van der Waals surface area contributed by atoms with Gasteiger partial charge in [-0.15, -0.1) is 0 Å². The van der Waals surface area contributed by atoms with Gasteiger partial charge in [0.05, 0.1) is 20.8 Å². The van der Waals surface area contributed by atoms with Crippen LogP contribution in [0, 0.1) is 0 Å². The second-order valence-electron chi connectivity index (χ2n) is 6.88. The highest BCUT2D eigenvalue weighted by Crippen LogP contribution is 2.32. The molecule has 0 unspecified atom stereocenters. The zero-order chi connectivity index (χ0) is 21.6. The molecule has 6 nitrogen and oxygen atoms in total. The van der Waals surface area contributed by atoms with Crippen molar-refractivity contribution in [2.75, 3.05) is 14.2 Å². The Kier molecular flexibility index (Phi) is 5.98. The highest BCUT2D eigenvalue weighted by atomic mass is 16.5. The van der Waals surface area contributed by atoms with Crippen LogP contribution in [0.2, 0.25) is 0 Å². The normalized spacial score (nSPS) is 10.5. The molecule has 0 saturated carbocycles. The molecule has 31 heavy (non-hydrogen) atoms. The minimum Gasteiger partial charge on any atom is -0.493 e. The average molecular weight is 414 g/mol. The highest BCUT2D eigenvalue weighted by molar-refractivity contribution is 5.94. The van der Waals surface area contributed by atoms with E-state index in [2.05, 4.69) is 10.5 Å². The van der Waals surface area contributed by atoms with E-state index in [4.69, 9.17) is 14.0 Å². The summed E-state index contributed by atoms with van der Waals surface area (Å²) in [5, 5.41) is 6.92.